The second kappa shape index (κ2) is 11.4. The van der Waals surface area contributed by atoms with Crippen LogP contribution < -0.4 is 5.32 Å². The second-order valence-electron chi connectivity index (χ2n) is 8.58. The van der Waals surface area contributed by atoms with E-state index < -0.39 is 0 Å². The third-order valence-corrected chi connectivity index (χ3v) is 6.37. The van der Waals surface area contributed by atoms with E-state index in [2.05, 4.69) is 61.7 Å². The standard InChI is InChI=1S/C25H32N6OS/c1-20-6-5-9-22(18-20)24-27-28-25(33)31(24)12-10-23(32)26-11-13-29-14-16-30(17-15-29)19-21-7-3-2-4-8-21/h2-9,18H,10-17,19H2,1H3,(H,26,32)(H,28,33). The third kappa shape index (κ3) is 6.60. The van der Waals surface area contributed by atoms with E-state index in [1.165, 1.54) is 5.56 Å². The molecule has 2 N–H and O–H groups in total. The van der Waals surface area contributed by atoms with Crippen LogP contribution in [0.4, 0.5) is 0 Å². The summed E-state index contributed by atoms with van der Waals surface area (Å²) in [4.78, 5) is 17.3. The van der Waals surface area contributed by atoms with E-state index >= 15 is 0 Å². The van der Waals surface area contributed by atoms with Gasteiger partial charge in [-0.15, -0.1) is 0 Å². The SMILES string of the molecule is Cc1cccc(-c2n[nH]c(=S)n2CCC(=O)NCCN2CCN(Cc3ccccc3)CC2)c1. The molecule has 2 aromatic carbocycles. The van der Waals surface area contributed by atoms with Crippen molar-refractivity contribution in [3.8, 4) is 11.4 Å². The summed E-state index contributed by atoms with van der Waals surface area (Å²) in [6, 6.07) is 18.7. The summed E-state index contributed by atoms with van der Waals surface area (Å²) >= 11 is 5.38. The minimum absolute atomic E-state index is 0.0380. The Bertz CT molecular complexity index is 1100. The number of hydrogen-bond donors (Lipinski definition) is 2. The Morgan fingerprint density at radius 3 is 2.55 bits per heavy atom. The first-order chi connectivity index (χ1) is 16.1. The molecule has 174 valence electrons. The first-order valence-electron chi connectivity index (χ1n) is 11.6. The molecular formula is C25H32N6OS. The second-order valence-corrected chi connectivity index (χ2v) is 8.96. The summed E-state index contributed by atoms with van der Waals surface area (Å²) in [5.74, 6) is 0.806. The smallest absolute Gasteiger partial charge is 0.221 e. The largest absolute Gasteiger partial charge is 0.355 e. The lowest BCUT2D eigenvalue weighted by atomic mass is 10.1. The van der Waals surface area contributed by atoms with E-state index in [9.17, 15) is 4.79 Å². The summed E-state index contributed by atoms with van der Waals surface area (Å²) in [6.45, 7) is 9.29. The normalized spacial score (nSPS) is 14.9. The fraction of sp³-hybridized carbons (Fsp3) is 0.400. The van der Waals surface area contributed by atoms with Crippen LogP contribution in [0, 0.1) is 11.7 Å². The Labute approximate surface area is 200 Å². The van der Waals surface area contributed by atoms with Gasteiger partial charge in [-0.3, -0.25) is 24.3 Å². The van der Waals surface area contributed by atoms with E-state index in [1.54, 1.807) is 0 Å². The van der Waals surface area contributed by atoms with Crippen LogP contribution in [0.5, 0.6) is 0 Å². The van der Waals surface area contributed by atoms with E-state index in [-0.39, 0.29) is 5.91 Å². The lowest BCUT2D eigenvalue weighted by molar-refractivity contribution is -0.121. The van der Waals surface area contributed by atoms with Crippen molar-refractivity contribution in [2.45, 2.75) is 26.4 Å². The lowest BCUT2D eigenvalue weighted by Crippen LogP contribution is -2.48. The molecule has 1 saturated heterocycles. The molecule has 0 atom stereocenters. The maximum absolute atomic E-state index is 12.4. The Balaban J connectivity index is 1.18. The minimum atomic E-state index is 0.0380. The van der Waals surface area contributed by atoms with Gasteiger partial charge in [0.2, 0.25) is 5.91 Å². The fourth-order valence-corrected chi connectivity index (χ4v) is 4.42. The van der Waals surface area contributed by atoms with Crippen LogP contribution in [0.2, 0.25) is 0 Å². The number of aromatic nitrogens is 3. The Morgan fingerprint density at radius 1 is 1.03 bits per heavy atom. The molecule has 7 nitrogen and oxygen atoms in total. The molecule has 4 rings (SSSR count). The van der Waals surface area contributed by atoms with Crippen LogP contribution in [0.25, 0.3) is 11.4 Å². The quantitative estimate of drug-likeness (QED) is 0.476. The van der Waals surface area contributed by atoms with Crippen molar-refractivity contribution in [3.63, 3.8) is 0 Å². The van der Waals surface area contributed by atoms with Crippen LogP contribution in [0.15, 0.2) is 54.6 Å². The number of rotatable bonds is 9. The number of hydrogen-bond acceptors (Lipinski definition) is 5. The molecule has 2 heterocycles. The van der Waals surface area contributed by atoms with Gasteiger partial charge in [0.05, 0.1) is 0 Å². The van der Waals surface area contributed by atoms with Crippen molar-refractivity contribution in [1.29, 1.82) is 0 Å². The summed E-state index contributed by atoms with van der Waals surface area (Å²) in [5.41, 5.74) is 3.52. The van der Waals surface area contributed by atoms with E-state index in [4.69, 9.17) is 12.2 Å². The molecular weight excluding hydrogens is 432 g/mol. The first kappa shape index (κ1) is 23.4. The van der Waals surface area contributed by atoms with Crippen LogP contribution in [0.3, 0.4) is 0 Å². The van der Waals surface area contributed by atoms with Crippen LogP contribution in [-0.4, -0.2) is 69.7 Å². The molecule has 33 heavy (non-hydrogen) atoms. The predicted molar refractivity (Wildman–Crippen MR) is 133 cm³/mol. The maximum atomic E-state index is 12.4. The number of benzene rings is 2. The van der Waals surface area contributed by atoms with E-state index in [1.807, 2.05) is 29.7 Å². The highest BCUT2D eigenvalue weighted by Crippen LogP contribution is 2.18. The molecule has 1 fully saturated rings. The van der Waals surface area contributed by atoms with Gasteiger partial charge in [-0.2, -0.15) is 5.10 Å². The van der Waals surface area contributed by atoms with Gasteiger partial charge in [-0.05, 0) is 30.8 Å². The average molecular weight is 465 g/mol. The zero-order valence-corrected chi connectivity index (χ0v) is 20.0. The summed E-state index contributed by atoms with van der Waals surface area (Å²) in [5, 5.41) is 10.3. The molecule has 0 bridgehead atoms. The monoisotopic (exact) mass is 464 g/mol. The van der Waals surface area contributed by atoms with Gasteiger partial charge in [0.15, 0.2) is 10.6 Å². The van der Waals surface area contributed by atoms with Crippen molar-refractivity contribution in [1.82, 2.24) is 29.9 Å². The number of carbonyl (C=O) groups is 1. The lowest BCUT2D eigenvalue weighted by Gasteiger charge is -2.34. The zero-order chi connectivity index (χ0) is 23.0. The van der Waals surface area contributed by atoms with Crippen LogP contribution in [-0.2, 0) is 17.9 Å². The Morgan fingerprint density at radius 2 is 1.79 bits per heavy atom. The number of piperazine rings is 1. The van der Waals surface area contributed by atoms with Crippen molar-refractivity contribution < 1.29 is 4.79 Å². The van der Waals surface area contributed by atoms with Gasteiger partial charge in [0, 0.05) is 64.3 Å². The summed E-state index contributed by atoms with van der Waals surface area (Å²) < 4.78 is 2.43. The molecule has 3 aromatic rings. The topological polar surface area (TPSA) is 69.2 Å². The number of aromatic amines is 1. The highest BCUT2D eigenvalue weighted by atomic mass is 32.1. The first-order valence-corrected chi connectivity index (χ1v) is 12.0. The van der Waals surface area contributed by atoms with Crippen LogP contribution >= 0.6 is 12.2 Å². The fourth-order valence-electron chi connectivity index (χ4n) is 4.20. The number of nitrogens with one attached hydrogen (secondary N) is 2. The number of nitrogens with zero attached hydrogens (tertiary/aromatic N) is 4. The molecule has 1 aliphatic rings. The molecule has 0 unspecified atom stereocenters. The number of carbonyl (C=O) groups excluding carboxylic acids is 1. The summed E-state index contributed by atoms with van der Waals surface area (Å²) in [6.07, 6.45) is 0.373. The average Bonchev–Trinajstić information content (AvgIpc) is 3.20. The third-order valence-electron chi connectivity index (χ3n) is 6.06. The number of H-pyrrole nitrogens is 1. The highest BCUT2D eigenvalue weighted by molar-refractivity contribution is 7.71. The van der Waals surface area contributed by atoms with Gasteiger partial charge in [-0.1, -0.05) is 54.1 Å². The van der Waals surface area contributed by atoms with Crippen molar-refractivity contribution in [2.24, 2.45) is 0 Å². The molecule has 0 radical (unpaired) electrons. The summed E-state index contributed by atoms with van der Waals surface area (Å²) in [7, 11) is 0. The molecule has 1 aromatic heterocycles. The number of aryl methyl sites for hydroxylation is 1. The van der Waals surface area contributed by atoms with E-state index in [0.717, 1.165) is 56.2 Å². The van der Waals surface area contributed by atoms with Crippen molar-refractivity contribution >= 4 is 18.1 Å². The van der Waals surface area contributed by atoms with Gasteiger partial charge >= 0.3 is 0 Å². The minimum Gasteiger partial charge on any atom is -0.355 e. The molecule has 8 heteroatoms. The van der Waals surface area contributed by atoms with E-state index in [0.29, 0.717) is 24.3 Å². The van der Waals surface area contributed by atoms with Gasteiger partial charge < -0.3 is 5.32 Å². The molecule has 1 aliphatic heterocycles. The molecule has 1 amide bonds. The maximum Gasteiger partial charge on any atom is 0.221 e. The Kier molecular flexibility index (Phi) is 8.04. The van der Waals surface area contributed by atoms with Gasteiger partial charge in [-0.25, -0.2) is 0 Å². The zero-order valence-electron chi connectivity index (χ0n) is 19.2. The molecule has 0 saturated carbocycles. The Hall–Kier alpha value is -2.81. The molecule has 0 spiro atoms. The highest BCUT2D eigenvalue weighted by Gasteiger charge is 2.17. The predicted octanol–water partition coefficient (Wildman–Crippen LogP) is 3.24. The molecule has 0 aliphatic carbocycles. The van der Waals surface area contributed by atoms with Crippen molar-refractivity contribution in [3.05, 3.63) is 70.5 Å². The van der Waals surface area contributed by atoms with Gasteiger partial charge in [0.25, 0.3) is 0 Å². The van der Waals surface area contributed by atoms with Crippen molar-refractivity contribution in [2.75, 3.05) is 39.3 Å². The van der Waals surface area contributed by atoms with Gasteiger partial charge in [0.1, 0.15) is 0 Å². The number of amides is 1. The van der Waals surface area contributed by atoms with Crippen LogP contribution in [0.1, 0.15) is 17.5 Å².